The minimum Gasteiger partial charge on any atom is -0.379 e. The van der Waals surface area contributed by atoms with Crippen molar-refractivity contribution < 1.29 is 9.53 Å². The first kappa shape index (κ1) is 17.7. The van der Waals surface area contributed by atoms with Gasteiger partial charge in [-0.2, -0.15) is 0 Å². The van der Waals surface area contributed by atoms with Crippen LogP contribution in [0.15, 0.2) is 18.6 Å². The summed E-state index contributed by atoms with van der Waals surface area (Å²) in [7, 11) is 0. The average Bonchev–Trinajstić information content (AvgIpc) is 3.10. The molecule has 4 heterocycles. The summed E-state index contributed by atoms with van der Waals surface area (Å²) in [4.78, 5) is 28.5. The number of amides is 1. The van der Waals surface area contributed by atoms with Crippen LogP contribution in [0.25, 0.3) is 0 Å². The molecular formula is C19H29N5O2. The maximum Gasteiger partial charge on any atom is 0.226 e. The highest BCUT2D eigenvalue weighted by molar-refractivity contribution is 5.80. The SMILES string of the molecule is C[C@@H]1[C@H](N2CCOCC2)CCN1C(=O)C1CCN(c2cnccn2)CC1. The average molecular weight is 359 g/mol. The third-order valence-corrected chi connectivity index (χ3v) is 6.23. The van der Waals surface area contributed by atoms with Gasteiger partial charge in [0, 0.05) is 63.1 Å². The van der Waals surface area contributed by atoms with Crippen molar-refractivity contribution in [3.8, 4) is 0 Å². The molecule has 0 N–H and O–H groups in total. The van der Waals surface area contributed by atoms with Gasteiger partial charge in [-0.1, -0.05) is 0 Å². The Bertz CT molecular complexity index is 599. The van der Waals surface area contributed by atoms with Crippen LogP contribution in [0.4, 0.5) is 5.82 Å². The molecule has 0 aromatic carbocycles. The molecular weight excluding hydrogens is 330 g/mol. The van der Waals surface area contributed by atoms with Gasteiger partial charge in [-0.05, 0) is 26.2 Å². The Morgan fingerprint density at radius 1 is 1.08 bits per heavy atom. The predicted molar refractivity (Wildman–Crippen MR) is 98.9 cm³/mol. The lowest BCUT2D eigenvalue weighted by molar-refractivity contribution is -0.137. The molecule has 0 bridgehead atoms. The van der Waals surface area contributed by atoms with E-state index in [1.54, 1.807) is 18.6 Å². The third kappa shape index (κ3) is 3.55. The van der Waals surface area contributed by atoms with Crippen molar-refractivity contribution in [2.45, 2.75) is 38.3 Å². The van der Waals surface area contributed by atoms with E-state index in [0.29, 0.717) is 18.0 Å². The van der Waals surface area contributed by atoms with Crippen molar-refractivity contribution in [2.24, 2.45) is 5.92 Å². The van der Waals surface area contributed by atoms with Crippen LogP contribution in [0.2, 0.25) is 0 Å². The second-order valence-corrected chi connectivity index (χ2v) is 7.60. The van der Waals surface area contributed by atoms with E-state index in [0.717, 1.165) is 71.0 Å². The molecule has 3 saturated heterocycles. The van der Waals surface area contributed by atoms with E-state index >= 15 is 0 Å². The number of rotatable bonds is 3. The van der Waals surface area contributed by atoms with E-state index in [1.165, 1.54) is 0 Å². The summed E-state index contributed by atoms with van der Waals surface area (Å²) < 4.78 is 5.47. The molecule has 142 valence electrons. The van der Waals surface area contributed by atoms with Gasteiger partial charge in [-0.25, -0.2) is 4.98 Å². The molecule has 0 spiro atoms. The van der Waals surface area contributed by atoms with Crippen LogP contribution in [-0.2, 0) is 9.53 Å². The first-order valence-electron chi connectivity index (χ1n) is 9.87. The molecule has 0 radical (unpaired) electrons. The second-order valence-electron chi connectivity index (χ2n) is 7.60. The monoisotopic (exact) mass is 359 g/mol. The lowest BCUT2D eigenvalue weighted by atomic mass is 9.95. The van der Waals surface area contributed by atoms with Gasteiger partial charge in [0.15, 0.2) is 0 Å². The molecule has 0 saturated carbocycles. The van der Waals surface area contributed by atoms with Crippen molar-refractivity contribution in [2.75, 3.05) is 50.8 Å². The van der Waals surface area contributed by atoms with Crippen molar-refractivity contribution in [1.29, 1.82) is 0 Å². The molecule has 1 aromatic heterocycles. The minimum absolute atomic E-state index is 0.147. The molecule has 3 aliphatic heterocycles. The molecule has 3 aliphatic rings. The number of ether oxygens (including phenoxy) is 1. The van der Waals surface area contributed by atoms with E-state index in [4.69, 9.17) is 4.74 Å². The summed E-state index contributed by atoms with van der Waals surface area (Å²) in [5, 5.41) is 0. The van der Waals surface area contributed by atoms with Crippen LogP contribution >= 0.6 is 0 Å². The zero-order valence-corrected chi connectivity index (χ0v) is 15.6. The highest BCUT2D eigenvalue weighted by Crippen LogP contribution is 2.29. The first-order chi connectivity index (χ1) is 12.7. The predicted octanol–water partition coefficient (Wildman–Crippen LogP) is 1.01. The molecule has 7 heteroatoms. The normalized spacial score (nSPS) is 28.5. The fourth-order valence-electron chi connectivity index (χ4n) is 4.68. The number of anilines is 1. The second kappa shape index (κ2) is 7.88. The number of hydrogen-bond acceptors (Lipinski definition) is 6. The van der Waals surface area contributed by atoms with Gasteiger partial charge in [-0.3, -0.25) is 14.7 Å². The maximum atomic E-state index is 13.1. The van der Waals surface area contributed by atoms with E-state index < -0.39 is 0 Å². The van der Waals surface area contributed by atoms with Gasteiger partial charge >= 0.3 is 0 Å². The minimum atomic E-state index is 0.147. The van der Waals surface area contributed by atoms with E-state index in [-0.39, 0.29) is 5.92 Å². The Labute approximate surface area is 155 Å². The van der Waals surface area contributed by atoms with Gasteiger partial charge in [0.1, 0.15) is 5.82 Å². The quantitative estimate of drug-likeness (QED) is 0.803. The molecule has 0 aliphatic carbocycles. The van der Waals surface area contributed by atoms with Crippen LogP contribution in [0.1, 0.15) is 26.2 Å². The van der Waals surface area contributed by atoms with Crippen molar-refractivity contribution >= 4 is 11.7 Å². The van der Waals surface area contributed by atoms with Gasteiger partial charge in [0.25, 0.3) is 0 Å². The van der Waals surface area contributed by atoms with E-state index in [9.17, 15) is 4.79 Å². The third-order valence-electron chi connectivity index (χ3n) is 6.23. The molecule has 1 amide bonds. The Balaban J connectivity index is 1.32. The summed E-state index contributed by atoms with van der Waals surface area (Å²) in [6.45, 7) is 8.50. The zero-order chi connectivity index (χ0) is 17.9. The van der Waals surface area contributed by atoms with Gasteiger partial charge in [-0.15, -0.1) is 0 Å². The number of likely N-dealkylation sites (tertiary alicyclic amines) is 1. The lowest BCUT2D eigenvalue weighted by Gasteiger charge is -2.38. The van der Waals surface area contributed by atoms with Crippen LogP contribution in [0, 0.1) is 5.92 Å². The number of carbonyl (C=O) groups excluding carboxylic acids is 1. The maximum absolute atomic E-state index is 13.1. The van der Waals surface area contributed by atoms with E-state index in [2.05, 4.69) is 31.6 Å². The first-order valence-corrected chi connectivity index (χ1v) is 9.87. The largest absolute Gasteiger partial charge is 0.379 e. The Morgan fingerprint density at radius 3 is 2.54 bits per heavy atom. The van der Waals surface area contributed by atoms with Crippen molar-refractivity contribution in [1.82, 2.24) is 19.8 Å². The number of aromatic nitrogens is 2. The van der Waals surface area contributed by atoms with Crippen molar-refractivity contribution in [3.63, 3.8) is 0 Å². The molecule has 4 rings (SSSR count). The van der Waals surface area contributed by atoms with Crippen LogP contribution in [0.5, 0.6) is 0 Å². The fraction of sp³-hybridized carbons (Fsp3) is 0.737. The topological polar surface area (TPSA) is 61.8 Å². The lowest BCUT2D eigenvalue weighted by Crippen LogP contribution is -2.51. The summed E-state index contributed by atoms with van der Waals surface area (Å²) in [6, 6.07) is 0.793. The highest BCUT2D eigenvalue weighted by Gasteiger charge is 2.40. The van der Waals surface area contributed by atoms with E-state index in [1.807, 2.05) is 0 Å². The number of piperidine rings is 1. The summed E-state index contributed by atoms with van der Waals surface area (Å²) in [5.41, 5.74) is 0. The fourth-order valence-corrected chi connectivity index (χ4v) is 4.68. The van der Waals surface area contributed by atoms with Crippen LogP contribution < -0.4 is 4.90 Å². The Morgan fingerprint density at radius 2 is 1.85 bits per heavy atom. The smallest absolute Gasteiger partial charge is 0.226 e. The highest BCUT2D eigenvalue weighted by atomic mass is 16.5. The Kier molecular flexibility index (Phi) is 5.36. The molecule has 0 unspecified atom stereocenters. The van der Waals surface area contributed by atoms with Crippen LogP contribution in [0.3, 0.4) is 0 Å². The summed E-state index contributed by atoms with van der Waals surface area (Å²) >= 11 is 0. The summed E-state index contributed by atoms with van der Waals surface area (Å²) in [5.74, 6) is 1.42. The molecule has 2 atom stereocenters. The number of nitrogens with zero attached hydrogens (tertiary/aromatic N) is 5. The van der Waals surface area contributed by atoms with Gasteiger partial charge in [0.2, 0.25) is 5.91 Å². The number of hydrogen-bond donors (Lipinski definition) is 0. The number of morpholine rings is 1. The zero-order valence-electron chi connectivity index (χ0n) is 15.6. The van der Waals surface area contributed by atoms with Crippen LogP contribution in [-0.4, -0.2) is 83.7 Å². The standard InChI is InChI=1S/C19H29N5O2/c1-15-17(22-10-12-26-13-11-22)4-9-24(15)19(25)16-2-7-23(8-3-16)18-14-20-5-6-21-18/h5-6,14-17H,2-4,7-13H2,1H3/t15-,17-/m1/s1. The molecule has 7 nitrogen and oxygen atoms in total. The van der Waals surface area contributed by atoms with Crippen molar-refractivity contribution in [3.05, 3.63) is 18.6 Å². The molecule has 3 fully saturated rings. The van der Waals surface area contributed by atoms with Gasteiger partial charge < -0.3 is 14.5 Å². The summed E-state index contributed by atoms with van der Waals surface area (Å²) in [6.07, 6.45) is 8.12. The number of carbonyl (C=O) groups is 1. The Hall–Kier alpha value is -1.73. The molecule has 26 heavy (non-hydrogen) atoms. The molecule has 1 aromatic rings. The van der Waals surface area contributed by atoms with Gasteiger partial charge in [0.05, 0.1) is 19.4 Å².